The van der Waals surface area contributed by atoms with Crippen LogP contribution >= 0.6 is 11.3 Å². The lowest BCUT2D eigenvalue weighted by Gasteiger charge is -2.32. The van der Waals surface area contributed by atoms with E-state index in [-0.39, 0.29) is 12.5 Å². The molecule has 1 aromatic heterocycles. The van der Waals surface area contributed by atoms with Crippen LogP contribution in [0.3, 0.4) is 0 Å². The second kappa shape index (κ2) is 7.91. The number of amides is 1. The van der Waals surface area contributed by atoms with Crippen molar-refractivity contribution >= 4 is 23.2 Å². The molecule has 3 rings (SSSR count). The van der Waals surface area contributed by atoms with Crippen molar-refractivity contribution in [2.24, 2.45) is 0 Å². The zero-order valence-electron chi connectivity index (χ0n) is 15.0. The van der Waals surface area contributed by atoms with Crippen molar-refractivity contribution in [1.29, 1.82) is 0 Å². The Labute approximate surface area is 157 Å². The topological polar surface area (TPSA) is 66.8 Å². The average molecular weight is 373 g/mol. The van der Waals surface area contributed by atoms with Crippen LogP contribution < -0.4 is 4.74 Å². The van der Waals surface area contributed by atoms with Gasteiger partial charge in [-0.25, -0.2) is 4.79 Å². The molecule has 1 saturated heterocycles. The van der Waals surface area contributed by atoms with E-state index in [2.05, 4.69) is 16.8 Å². The number of carboxylic acids is 1. The molecule has 1 aliphatic rings. The third-order valence-corrected chi connectivity index (χ3v) is 5.55. The number of carbonyl (C=O) groups is 2. The van der Waals surface area contributed by atoms with Crippen molar-refractivity contribution in [2.45, 2.75) is 32.6 Å². The maximum absolute atomic E-state index is 12.9. The van der Waals surface area contributed by atoms with Crippen LogP contribution in [-0.2, 0) is 4.79 Å². The van der Waals surface area contributed by atoms with Crippen molar-refractivity contribution in [1.82, 2.24) is 4.90 Å². The zero-order chi connectivity index (χ0) is 18.7. The van der Waals surface area contributed by atoms with Crippen LogP contribution in [-0.4, -0.2) is 41.6 Å². The molecular formula is C20H23NO4S. The fourth-order valence-electron chi connectivity index (χ4n) is 3.54. The number of aryl methyl sites for hydroxylation is 2. The largest absolute Gasteiger partial charge is 0.481 e. The van der Waals surface area contributed by atoms with E-state index in [9.17, 15) is 9.59 Å². The van der Waals surface area contributed by atoms with Crippen molar-refractivity contribution in [3.8, 4) is 5.75 Å². The lowest BCUT2D eigenvalue weighted by atomic mass is 9.91. The van der Waals surface area contributed by atoms with Crippen molar-refractivity contribution in [3.05, 3.63) is 51.2 Å². The first-order chi connectivity index (χ1) is 12.5. The predicted molar refractivity (Wildman–Crippen MR) is 101 cm³/mol. The molecule has 0 saturated carbocycles. The first kappa shape index (κ1) is 18.5. The molecule has 5 nitrogen and oxygen atoms in total. The fourth-order valence-corrected chi connectivity index (χ4v) is 4.28. The molecule has 0 atom stereocenters. The summed E-state index contributed by atoms with van der Waals surface area (Å²) in [6.07, 6.45) is 1.97. The molecule has 1 fully saturated rings. The highest BCUT2D eigenvalue weighted by Crippen LogP contribution is 2.31. The van der Waals surface area contributed by atoms with Gasteiger partial charge >= 0.3 is 5.97 Å². The van der Waals surface area contributed by atoms with Gasteiger partial charge in [0.15, 0.2) is 6.61 Å². The Morgan fingerprint density at radius 2 is 1.88 bits per heavy atom. The molecule has 1 amide bonds. The van der Waals surface area contributed by atoms with Crippen molar-refractivity contribution < 1.29 is 19.4 Å². The lowest BCUT2D eigenvalue weighted by Crippen LogP contribution is -2.37. The summed E-state index contributed by atoms with van der Waals surface area (Å²) in [5.41, 5.74) is 3.58. The van der Waals surface area contributed by atoms with Crippen LogP contribution in [0.1, 0.15) is 45.8 Å². The van der Waals surface area contributed by atoms with Crippen LogP contribution in [0.25, 0.3) is 0 Å². The molecule has 26 heavy (non-hydrogen) atoms. The molecule has 1 aliphatic heterocycles. The van der Waals surface area contributed by atoms with Crippen LogP contribution in [0.2, 0.25) is 0 Å². The van der Waals surface area contributed by atoms with Crippen LogP contribution in [0, 0.1) is 13.8 Å². The Hall–Kier alpha value is -2.34. The highest BCUT2D eigenvalue weighted by atomic mass is 32.1. The molecule has 0 aliphatic carbocycles. The number of carbonyl (C=O) groups excluding carboxylic acids is 1. The Morgan fingerprint density at radius 1 is 1.23 bits per heavy atom. The summed E-state index contributed by atoms with van der Waals surface area (Å²) in [7, 11) is 0. The van der Waals surface area contributed by atoms with Gasteiger partial charge in [0.1, 0.15) is 5.75 Å². The van der Waals surface area contributed by atoms with E-state index in [0.717, 1.165) is 37.1 Å². The second-order valence-electron chi connectivity index (χ2n) is 6.74. The second-order valence-corrected chi connectivity index (χ2v) is 7.52. The normalized spacial score (nSPS) is 15.1. The third-order valence-electron chi connectivity index (χ3n) is 4.84. The van der Waals surface area contributed by atoms with E-state index in [1.54, 1.807) is 23.5 Å². The minimum atomic E-state index is -1.02. The smallest absolute Gasteiger partial charge is 0.341 e. The Bertz CT molecular complexity index is 769. The molecule has 0 radical (unpaired) electrons. The number of likely N-dealkylation sites (tertiary alicyclic amines) is 1. The van der Waals surface area contributed by atoms with E-state index in [1.165, 1.54) is 5.56 Å². The molecule has 0 unspecified atom stereocenters. The van der Waals surface area contributed by atoms with Gasteiger partial charge < -0.3 is 14.7 Å². The summed E-state index contributed by atoms with van der Waals surface area (Å²) in [5.74, 6) is 0.0999. The highest BCUT2D eigenvalue weighted by Gasteiger charge is 2.25. The van der Waals surface area contributed by atoms with E-state index in [0.29, 0.717) is 17.2 Å². The minimum Gasteiger partial charge on any atom is -0.481 e. The summed E-state index contributed by atoms with van der Waals surface area (Å²) in [5, 5.41) is 13.1. The number of rotatable bonds is 5. The number of thiophene rings is 1. The van der Waals surface area contributed by atoms with E-state index in [1.807, 2.05) is 18.7 Å². The monoisotopic (exact) mass is 373 g/mol. The van der Waals surface area contributed by atoms with Gasteiger partial charge in [-0.3, -0.25) is 4.79 Å². The fraction of sp³-hybridized carbons (Fsp3) is 0.400. The molecule has 2 aromatic rings. The molecule has 0 spiro atoms. The number of ether oxygens (including phenoxy) is 1. The molecular weight excluding hydrogens is 350 g/mol. The maximum atomic E-state index is 12.9. The lowest BCUT2D eigenvalue weighted by molar-refractivity contribution is -0.139. The number of hydrogen-bond donors (Lipinski definition) is 1. The first-order valence-electron chi connectivity index (χ1n) is 8.73. The van der Waals surface area contributed by atoms with Gasteiger partial charge in [0.2, 0.25) is 0 Å². The van der Waals surface area contributed by atoms with E-state index >= 15 is 0 Å². The van der Waals surface area contributed by atoms with Crippen molar-refractivity contribution in [2.75, 3.05) is 19.7 Å². The van der Waals surface area contributed by atoms with Gasteiger partial charge in [-0.1, -0.05) is 0 Å². The number of carboxylic acid groups (broad SMARTS) is 1. The highest BCUT2D eigenvalue weighted by molar-refractivity contribution is 7.07. The van der Waals surface area contributed by atoms with Crippen LogP contribution in [0.4, 0.5) is 0 Å². The summed E-state index contributed by atoms with van der Waals surface area (Å²) in [6, 6.07) is 5.75. The number of aliphatic carboxylic acids is 1. The molecule has 1 aromatic carbocycles. The maximum Gasteiger partial charge on any atom is 0.341 e. The predicted octanol–water partition coefficient (Wildman–Crippen LogP) is 3.85. The van der Waals surface area contributed by atoms with Crippen LogP contribution in [0.15, 0.2) is 29.0 Å². The van der Waals surface area contributed by atoms with Gasteiger partial charge in [-0.2, -0.15) is 11.3 Å². The molecule has 0 bridgehead atoms. The Morgan fingerprint density at radius 3 is 2.42 bits per heavy atom. The molecule has 6 heteroatoms. The Balaban J connectivity index is 1.67. The van der Waals surface area contributed by atoms with E-state index < -0.39 is 5.97 Å². The SMILES string of the molecule is Cc1cc(C(=O)N2CCC(c3ccsc3)CC2)cc(C)c1OCC(=O)O. The zero-order valence-corrected chi connectivity index (χ0v) is 15.8. The standard InChI is InChI=1S/C20H23NO4S/c1-13-9-17(10-14(2)19(13)25-11-18(22)23)20(24)21-6-3-15(4-7-21)16-5-8-26-12-16/h5,8-10,12,15H,3-4,6-7,11H2,1-2H3,(H,22,23). The average Bonchev–Trinajstić information content (AvgIpc) is 3.15. The summed E-state index contributed by atoms with van der Waals surface area (Å²) in [6.45, 7) is 4.81. The molecule has 138 valence electrons. The van der Waals surface area contributed by atoms with E-state index in [4.69, 9.17) is 9.84 Å². The number of piperidine rings is 1. The summed E-state index contributed by atoms with van der Waals surface area (Å²) >= 11 is 1.72. The summed E-state index contributed by atoms with van der Waals surface area (Å²) < 4.78 is 5.34. The number of hydrogen-bond acceptors (Lipinski definition) is 4. The van der Waals surface area contributed by atoms with Gasteiger partial charge in [-0.05, 0) is 78.3 Å². The van der Waals surface area contributed by atoms with Gasteiger partial charge in [0, 0.05) is 18.7 Å². The first-order valence-corrected chi connectivity index (χ1v) is 9.67. The number of benzene rings is 1. The summed E-state index contributed by atoms with van der Waals surface area (Å²) in [4.78, 5) is 25.5. The number of nitrogens with zero attached hydrogens (tertiary/aromatic N) is 1. The van der Waals surface area contributed by atoms with Crippen molar-refractivity contribution in [3.63, 3.8) is 0 Å². The molecule has 1 N–H and O–H groups in total. The van der Waals surface area contributed by atoms with Gasteiger partial charge in [0.05, 0.1) is 0 Å². The van der Waals surface area contributed by atoms with Crippen LogP contribution in [0.5, 0.6) is 5.75 Å². The third kappa shape index (κ3) is 4.07. The van der Waals surface area contributed by atoms with Gasteiger partial charge in [-0.15, -0.1) is 0 Å². The van der Waals surface area contributed by atoms with Gasteiger partial charge in [0.25, 0.3) is 5.91 Å². The Kier molecular flexibility index (Phi) is 5.61. The molecule has 2 heterocycles. The minimum absolute atomic E-state index is 0.0322. The quantitative estimate of drug-likeness (QED) is 0.864.